The van der Waals surface area contributed by atoms with Crippen LogP contribution in [0.5, 0.6) is 0 Å². The Bertz CT molecular complexity index is 686. The molecule has 2 heterocycles. The van der Waals surface area contributed by atoms with Crippen LogP contribution in [0.1, 0.15) is 12.8 Å². The van der Waals surface area contributed by atoms with Crippen molar-refractivity contribution >= 4 is 23.4 Å². The molecule has 0 aromatic heterocycles. The number of hydrogen-bond donors (Lipinski definition) is 0. The van der Waals surface area contributed by atoms with E-state index in [2.05, 4.69) is 4.58 Å². The first kappa shape index (κ1) is 13.1. The third kappa shape index (κ3) is 2.08. The van der Waals surface area contributed by atoms with Gasteiger partial charge in [-0.2, -0.15) is 4.90 Å². The van der Waals surface area contributed by atoms with Gasteiger partial charge < -0.3 is 4.74 Å². The molecule has 22 heavy (non-hydrogen) atoms. The van der Waals surface area contributed by atoms with Gasteiger partial charge >= 0.3 is 12.0 Å². The second-order valence-electron chi connectivity index (χ2n) is 5.56. The molecule has 0 saturated carbocycles. The maximum atomic E-state index is 12.1. The lowest BCUT2D eigenvalue weighted by Gasteiger charge is -2.16. The fourth-order valence-corrected chi connectivity index (χ4v) is 3.16. The van der Waals surface area contributed by atoms with Crippen LogP contribution in [0.4, 0.5) is 11.4 Å². The Labute approximate surface area is 129 Å². The van der Waals surface area contributed by atoms with Crippen LogP contribution in [-0.2, 0) is 9.53 Å². The summed E-state index contributed by atoms with van der Waals surface area (Å²) in [5.41, 5.74) is 1.98. The van der Waals surface area contributed by atoms with Crippen molar-refractivity contribution in [1.29, 1.82) is 0 Å². The van der Waals surface area contributed by atoms with Crippen LogP contribution in [0.2, 0.25) is 0 Å². The highest BCUT2D eigenvalue weighted by Gasteiger charge is 2.47. The maximum Gasteiger partial charge on any atom is 0.465 e. The third-order valence-electron chi connectivity index (χ3n) is 4.18. The predicted molar refractivity (Wildman–Crippen MR) is 84.3 cm³/mol. The van der Waals surface area contributed by atoms with E-state index in [1.54, 1.807) is 0 Å². The molecule has 1 unspecified atom stereocenters. The number of amidine groups is 1. The number of nitrogens with zero attached hydrogens (tertiary/aromatic N) is 2. The molecule has 1 saturated heterocycles. The van der Waals surface area contributed by atoms with Gasteiger partial charge in [-0.1, -0.05) is 36.4 Å². The average Bonchev–Trinajstić information content (AvgIpc) is 3.15. The van der Waals surface area contributed by atoms with Gasteiger partial charge in [0, 0.05) is 6.42 Å². The van der Waals surface area contributed by atoms with Crippen molar-refractivity contribution in [2.75, 3.05) is 11.4 Å². The molecule has 0 spiro atoms. The minimum atomic E-state index is -0.135. The molecule has 110 valence electrons. The van der Waals surface area contributed by atoms with Crippen LogP contribution in [0.3, 0.4) is 0 Å². The number of para-hydroxylation sites is 2. The molecule has 0 amide bonds. The van der Waals surface area contributed by atoms with E-state index in [0.29, 0.717) is 6.02 Å². The van der Waals surface area contributed by atoms with Gasteiger partial charge in [-0.25, -0.2) is 9.37 Å². The zero-order chi connectivity index (χ0) is 14.9. The number of anilines is 2. The van der Waals surface area contributed by atoms with E-state index < -0.39 is 0 Å². The zero-order valence-corrected chi connectivity index (χ0v) is 12.2. The van der Waals surface area contributed by atoms with E-state index in [1.165, 1.54) is 0 Å². The monoisotopic (exact) mass is 293 g/mol. The summed E-state index contributed by atoms with van der Waals surface area (Å²) < 4.78 is 7.71. The minimum Gasteiger partial charge on any atom is -0.353 e. The maximum absolute atomic E-state index is 12.1. The molecule has 0 bridgehead atoms. The summed E-state index contributed by atoms with van der Waals surface area (Å²) in [7, 11) is 0. The molecule has 1 atom stereocenters. The SMILES string of the molecule is O=C1OC(N(c2ccccc2)c2ccccc2)=[N+]2CCCC12. The lowest BCUT2D eigenvalue weighted by Crippen LogP contribution is -2.32. The highest BCUT2D eigenvalue weighted by atomic mass is 16.6. The highest BCUT2D eigenvalue weighted by molar-refractivity contribution is 6.04. The Hall–Kier alpha value is -2.62. The summed E-state index contributed by atoms with van der Waals surface area (Å²) in [6.07, 6.45) is 1.90. The summed E-state index contributed by atoms with van der Waals surface area (Å²) >= 11 is 0. The number of benzene rings is 2. The second kappa shape index (κ2) is 5.30. The molecular weight excluding hydrogens is 276 g/mol. The summed E-state index contributed by atoms with van der Waals surface area (Å²) in [5, 5.41) is 0. The summed E-state index contributed by atoms with van der Waals surface area (Å²) in [6.45, 7) is 0.863. The first-order valence-corrected chi connectivity index (χ1v) is 7.60. The van der Waals surface area contributed by atoms with Gasteiger partial charge in [0.15, 0.2) is 6.04 Å². The van der Waals surface area contributed by atoms with Gasteiger partial charge in [-0.3, -0.25) is 0 Å². The van der Waals surface area contributed by atoms with Crippen molar-refractivity contribution in [3.05, 3.63) is 60.7 Å². The van der Waals surface area contributed by atoms with Gasteiger partial charge in [-0.15, -0.1) is 0 Å². The molecule has 2 aliphatic heterocycles. The molecule has 4 heteroatoms. The molecule has 1 fully saturated rings. The van der Waals surface area contributed by atoms with E-state index in [9.17, 15) is 4.79 Å². The normalized spacial score (nSPS) is 20.0. The van der Waals surface area contributed by atoms with Crippen molar-refractivity contribution in [3.8, 4) is 0 Å². The number of rotatable bonds is 2. The quantitative estimate of drug-likeness (QED) is 0.630. The van der Waals surface area contributed by atoms with E-state index in [1.807, 2.05) is 65.6 Å². The summed E-state index contributed by atoms with van der Waals surface area (Å²) in [4.78, 5) is 14.1. The van der Waals surface area contributed by atoms with Crippen molar-refractivity contribution < 1.29 is 14.1 Å². The lowest BCUT2D eigenvalue weighted by molar-refractivity contribution is -0.526. The van der Waals surface area contributed by atoms with Crippen LogP contribution < -0.4 is 4.90 Å². The third-order valence-corrected chi connectivity index (χ3v) is 4.18. The number of ether oxygens (including phenoxy) is 1. The predicted octanol–water partition coefficient (Wildman–Crippen LogP) is 2.91. The van der Waals surface area contributed by atoms with Gasteiger partial charge in [0.25, 0.3) is 0 Å². The highest BCUT2D eigenvalue weighted by Crippen LogP contribution is 2.30. The molecule has 0 radical (unpaired) electrons. The van der Waals surface area contributed by atoms with E-state index in [0.717, 1.165) is 30.8 Å². The molecule has 4 nitrogen and oxygen atoms in total. The van der Waals surface area contributed by atoms with E-state index in [4.69, 9.17) is 4.74 Å². The first-order valence-electron chi connectivity index (χ1n) is 7.60. The topological polar surface area (TPSA) is 32.5 Å². The number of carbonyl (C=O) groups excluding carboxylic acids is 1. The van der Waals surface area contributed by atoms with Crippen molar-refractivity contribution in [1.82, 2.24) is 0 Å². The Morgan fingerprint density at radius 2 is 1.55 bits per heavy atom. The first-order chi connectivity index (χ1) is 10.8. The van der Waals surface area contributed by atoms with E-state index in [-0.39, 0.29) is 12.0 Å². The number of carbonyl (C=O) groups is 1. The van der Waals surface area contributed by atoms with Crippen molar-refractivity contribution in [3.63, 3.8) is 0 Å². The number of hydrogen-bond acceptors (Lipinski definition) is 3. The van der Waals surface area contributed by atoms with Crippen molar-refractivity contribution in [2.45, 2.75) is 18.9 Å². The fourth-order valence-electron chi connectivity index (χ4n) is 3.16. The Balaban J connectivity index is 1.85. The average molecular weight is 293 g/mol. The fraction of sp³-hybridized carbons (Fsp3) is 0.222. The van der Waals surface area contributed by atoms with Crippen LogP contribution in [-0.4, -0.2) is 29.2 Å². The molecule has 0 N–H and O–H groups in total. The second-order valence-corrected chi connectivity index (χ2v) is 5.56. The lowest BCUT2D eigenvalue weighted by atomic mass is 10.2. The number of fused-ring (bicyclic) bond motifs is 1. The van der Waals surface area contributed by atoms with Gasteiger partial charge in [-0.05, 0) is 30.7 Å². The zero-order valence-electron chi connectivity index (χ0n) is 12.2. The molecular formula is C18H17N2O2+. The van der Waals surface area contributed by atoms with Crippen LogP contribution >= 0.6 is 0 Å². The largest absolute Gasteiger partial charge is 0.465 e. The van der Waals surface area contributed by atoms with Crippen molar-refractivity contribution in [2.24, 2.45) is 0 Å². The standard InChI is InChI=1S/C18H17N2O2/c21-17-16-12-7-13-19(16)18(22-17)20(14-8-3-1-4-9-14)15-10-5-2-6-11-15/h1-6,8-11,16H,7,12-13H2/q+1. The van der Waals surface area contributed by atoms with Gasteiger partial charge in [0.1, 0.15) is 11.4 Å². The Kier molecular flexibility index (Phi) is 3.15. The summed E-state index contributed by atoms with van der Waals surface area (Å²) in [6, 6.07) is 20.5. The Morgan fingerprint density at radius 1 is 0.955 bits per heavy atom. The van der Waals surface area contributed by atoms with Gasteiger partial charge in [0.05, 0.1) is 6.54 Å². The molecule has 4 rings (SSSR count). The van der Waals surface area contributed by atoms with Crippen LogP contribution in [0, 0.1) is 0 Å². The van der Waals surface area contributed by atoms with Gasteiger partial charge in [0.2, 0.25) is 0 Å². The number of esters is 1. The van der Waals surface area contributed by atoms with E-state index >= 15 is 0 Å². The molecule has 2 aliphatic rings. The number of cyclic esters (lactones) is 1. The van der Waals surface area contributed by atoms with Crippen LogP contribution in [0.25, 0.3) is 0 Å². The molecule has 0 aliphatic carbocycles. The minimum absolute atomic E-state index is 0.120. The molecule has 2 aromatic carbocycles. The molecule has 2 aromatic rings. The summed E-state index contributed by atoms with van der Waals surface area (Å²) in [5.74, 6) is -0.135. The Morgan fingerprint density at radius 3 is 2.14 bits per heavy atom. The van der Waals surface area contributed by atoms with Crippen LogP contribution in [0.15, 0.2) is 60.7 Å². The smallest absolute Gasteiger partial charge is 0.353 e.